The van der Waals surface area contributed by atoms with Crippen molar-refractivity contribution in [2.45, 2.75) is 13.1 Å². The molecule has 0 fully saturated rings. The van der Waals surface area contributed by atoms with Crippen LogP contribution in [0.1, 0.15) is 11.1 Å². The fourth-order valence-corrected chi connectivity index (χ4v) is 2.68. The van der Waals surface area contributed by atoms with Crippen molar-refractivity contribution in [3.05, 3.63) is 58.6 Å². The molecule has 0 heterocycles. The fraction of sp³-hybridized carbons (Fsp3) is 0.263. The molecule has 2 aromatic rings. The SMILES string of the molecule is Cc1c(Cl)cccc1NC(=O)CN(C)CC(=O)Nc1ccccc1C(F)(F)F. The van der Waals surface area contributed by atoms with E-state index in [-0.39, 0.29) is 24.7 Å². The van der Waals surface area contributed by atoms with E-state index < -0.39 is 17.6 Å². The summed E-state index contributed by atoms with van der Waals surface area (Å²) < 4.78 is 38.9. The van der Waals surface area contributed by atoms with E-state index in [0.717, 1.165) is 6.07 Å². The largest absolute Gasteiger partial charge is 0.418 e. The molecule has 0 radical (unpaired) electrons. The van der Waals surface area contributed by atoms with Gasteiger partial charge in [0.2, 0.25) is 11.8 Å². The number of carbonyl (C=O) groups excluding carboxylic acids is 2. The van der Waals surface area contributed by atoms with Gasteiger partial charge in [-0.1, -0.05) is 29.8 Å². The molecule has 0 saturated heterocycles. The van der Waals surface area contributed by atoms with Crippen LogP contribution in [0.15, 0.2) is 42.5 Å². The highest BCUT2D eigenvalue weighted by Gasteiger charge is 2.33. The molecule has 0 aliphatic carbocycles. The van der Waals surface area contributed by atoms with Crippen LogP contribution in [0.5, 0.6) is 0 Å². The third-order valence-corrected chi connectivity index (χ3v) is 4.28. The van der Waals surface area contributed by atoms with Crippen LogP contribution in [-0.4, -0.2) is 36.9 Å². The van der Waals surface area contributed by atoms with Crippen molar-refractivity contribution < 1.29 is 22.8 Å². The summed E-state index contributed by atoms with van der Waals surface area (Å²) >= 11 is 6.00. The van der Waals surface area contributed by atoms with E-state index in [2.05, 4.69) is 10.6 Å². The molecule has 2 N–H and O–H groups in total. The summed E-state index contributed by atoms with van der Waals surface area (Å²) in [4.78, 5) is 25.6. The van der Waals surface area contributed by atoms with Gasteiger partial charge in [-0.15, -0.1) is 0 Å². The number of alkyl halides is 3. The van der Waals surface area contributed by atoms with Gasteiger partial charge in [-0.2, -0.15) is 13.2 Å². The number of nitrogens with zero attached hydrogens (tertiary/aromatic N) is 1. The molecule has 0 saturated carbocycles. The number of hydrogen-bond donors (Lipinski definition) is 2. The Kier molecular flexibility index (Phi) is 7.04. The predicted octanol–water partition coefficient (Wildman–Crippen LogP) is 4.18. The number of para-hydroxylation sites is 1. The first-order valence-corrected chi connectivity index (χ1v) is 8.65. The molecular formula is C19H19ClF3N3O2. The zero-order valence-corrected chi connectivity index (χ0v) is 16.0. The van der Waals surface area contributed by atoms with Gasteiger partial charge >= 0.3 is 6.18 Å². The highest BCUT2D eigenvalue weighted by atomic mass is 35.5. The van der Waals surface area contributed by atoms with Gasteiger partial charge in [0, 0.05) is 10.7 Å². The van der Waals surface area contributed by atoms with Gasteiger partial charge in [0.1, 0.15) is 0 Å². The highest BCUT2D eigenvalue weighted by Crippen LogP contribution is 2.34. The maximum atomic E-state index is 13.0. The molecule has 2 amide bonds. The second-order valence-corrected chi connectivity index (χ2v) is 6.63. The van der Waals surface area contributed by atoms with E-state index >= 15 is 0 Å². The highest BCUT2D eigenvalue weighted by molar-refractivity contribution is 6.31. The second kappa shape index (κ2) is 9.07. The second-order valence-electron chi connectivity index (χ2n) is 6.22. The zero-order valence-electron chi connectivity index (χ0n) is 15.2. The number of benzene rings is 2. The van der Waals surface area contributed by atoms with E-state index in [0.29, 0.717) is 16.3 Å². The molecule has 2 rings (SSSR count). The van der Waals surface area contributed by atoms with Gasteiger partial charge in [0.15, 0.2) is 0 Å². The van der Waals surface area contributed by atoms with Gasteiger partial charge < -0.3 is 10.6 Å². The van der Waals surface area contributed by atoms with Gasteiger partial charge in [0.25, 0.3) is 0 Å². The lowest BCUT2D eigenvalue weighted by Gasteiger charge is -2.18. The van der Waals surface area contributed by atoms with Crippen LogP contribution in [0, 0.1) is 6.92 Å². The van der Waals surface area contributed by atoms with E-state index in [1.807, 2.05) is 0 Å². The van der Waals surface area contributed by atoms with Crippen LogP contribution in [0.2, 0.25) is 5.02 Å². The maximum Gasteiger partial charge on any atom is 0.418 e. The molecule has 0 aliphatic heterocycles. The summed E-state index contributed by atoms with van der Waals surface area (Å²) in [6, 6.07) is 9.79. The average Bonchev–Trinajstić information content (AvgIpc) is 2.58. The molecule has 0 atom stereocenters. The van der Waals surface area contributed by atoms with Crippen LogP contribution in [-0.2, 0) is 15.8 Å². The van der Waals surface area contributed by atoms with Crippen molar-refractivity contribution >= 4 is 34.8 Å². The molecule has 28 heavy (non-hydrogen) atoms. The van der Waals surface area contributed by atoms with Crippen molar-refractivity contribution in [3.63, 3.8) is 0 Å². The third-order valence-electron chi connectivity index (χ3n) is 3.88. The number of anilines is 2. The summed E-state index contributed by atoms with van der Waals surface area (Å²) in [5.74, 6) is -1.04. The Morgan fingerprint density at radius 2 is 1.50 bits per heavy atom. The van der Waals surface area contributed by atoms with Crippen LogP contribution in [0.4, 0.5) is 24.5 Å². The number of nitrogens with one attached hydrogen (secondary N) is 2. The number of likely N-dealkylation sites (N-methyl/N-ethyl adjacent to an activating group) is 1. The Bertz CT molecular complexity index is 872. The molecule has 2 aromatic carbocycles. The molecule has 0 bridgehead atoms. The fourth-order valence-electron chi connectivity index (χ4n) is 2.51. The minimum Gasteiger partial charge on any atom is -0.325 e. The Morgan fingerprint density at radius 3 is 2.11 bits per heavy atom. The molecule has 0 unspecified atom stereocenters. The molecular weight excluding hydrogens is 395 g/mol. The average molecular weight is 414 g/mol. The van der Waals surface area contributed by atoms with Crippen LogP contribution in [0.25, 0.3) is 0 Å². The van der Waals surface area contributed by atoms with E-state index in [4.69, 9.17) is 11.6 Å². The first-order chi connectivity index (χ1) is 13.1. The standard InChI is InChI=1S/C19H19ClF3N3O2/c1-12-14(20)7-5-9-15(12)24-17(27)10-26(2)11-18(28)25-16-8-4-3-6-13(16)19(21,22)23/h3-9H,10-11H2,1-2H3,(H,24,27)(H,25,28). The Hall–Kier alpha value is -2.58. The van der Waals surface area contributed by atoms with Crippen LogP contribution < -0.4 is 10.6 Å². The van der Waals surface area contributed by atoms with Crippen molar-refractivity contribution in [1.82, 2.24) is 4.90 Å². The minimum absolute atomic E-state index is 0.125. The molecule has 150 valence electrons. The summed E-state index contributed by atoms with van der Waals surface area (Å²) in [7, 11) is 1.51. The normalized spacial score (nSPS) is 11.4. The quantitative estimate of drug-likeness (QED) is 0.747. The summed E-state index contributed by atoms with van der Waals surface area (Å²) in [5.41, 5.74) is 0.00343. The smallest absolute Gasteiger partial charge is 0.325 e. The lowest BCUT2D eigenvalue weighted by atomic mass is 10.1. The van der Waals surface area contributed by atoms with Gasteiger partial charge in [-0.3, -0.25) is 14.5 Å². The lowest BCUT2D eigenvalue weighted by Crippen LogP contribution is -2.36. The molecule has 5 nitrogen and oxygen atoms in total. The molecule has 9 heteroatoms. The van der Waals surface area contributed by atoms with Gasteiger partial charge in [-0.25, -0.2) is 0 Å². The van der Waals surface area contributed by atoms with Gasteiger partial charge in [-0.05, 0) is 43.8 Å². The number of hydrogen-bond acceptors (Lipinski definition) is 3. The topological polar surface area (TPSA) is 61.4 Å². The van der Waals surface area contributed by atoms with E-state index in [1.54, 1.807) is 25.1 Å². The Labute approximate surface area is 165 Å². The molecule has 0 aromatic heterocycles. The number of halogens is 4. The monoisotopic (exact) mass is 413 g/mol. The number of rotatable bonds is 6. The van der Waals surface area contributed by atoms with Gasteiger partial charge in [0.05, 0.1) is 24.3 Å². The summed E-state index contributed by atoms with van der Waals surface area (Å²) in [6.45, 7) is 1.38. The zero-order chi connectivity index (χ0) is 20.9. The molecule has 0 spiro atoms. The third kappa shape index (κ3) is 5.97. The van der Waals surface area contributed by atoms with Crippen LogP contribution in [0.3, 0.4) is 0 Å². The number of amides is 2. The van der Waals surface area contributed by atoms with Crippen molar-refractivity contribution in [2.24, 2.45) is 0 Å². The van der Waals surface area contributed by atoms with Crippen molar-refractivity contribution in [2.75, 3.05) is 30.8 Å². The van der Waals surface area contributed by atoms with Crippen molar-refractivity contribution in [3.8, 4) is 0 Å². The maximum absolute atomic E-state index is 13.0. The Balaban J connectivity index is 1.93. The minimum atomic E-state index is -4.58. The van der Waals surface area contributed by atoms with Crippen LogP contribution >= 0.6 is 11.6 Å². The first-order valence-electron chi connectivity index (χ1n) is 8.27. The van der Waals surface area contributed by atoms with E-state index in [1.165, 1.54) is 30.1 Å². The summed E-state index contributed by atoms with van der Waals surface area (Å²) in [6.07, 6.45) is -4.58. The molecule has 0 aliphatic rings. The number of carbonyl (C=O) groups is 2. The van der Waals surface area contributed by atoms with E-state index in [9.17, 15) is 22.8 Å². The first kappa shape index (κ1) is 21.7. The Morgan fingerprint density at radius 1 is 0.964 bits per heavy atom. The predicted molar refractivity (Wildman–Crippen MR) is 102 cm³/mol. The van der Waals surface area contributed by atoms with Crippen molar-refractivity contribution in [1.29, 1.82) is 0 Å². The lowest BCUT2D eigenvalue weighted by molar-refractivity contribution is -0.137. The summed E-state index contributed by atoms with van der Waals surface area (Å²) in [5, 5.41) is 5.43.